The lowest BCUT2D eigenvalue weighted by molar-refractivity contribution is -0.384. The van der Waals surface area contributed by atoms with Gasteiger partial charge in [-0.1, -0.05) is 13.8 Å². The summed E-state index contributed by atoms with van der Waals surface area (Å²) in [6, 6.07) is 2.39. The number of nitrogens with zero attached hydrogens (tertiary/aromatic N) is 3. The monoisotopic (exact) mass is 293 g/mol. The van der Waals surface area contributed by atoms with Crippen molar-refractivity contribution in [1.82, 2.24) is 4.98 Å². The van der Waals surface area contributed by atoms with E-state index in [1.807, 2.05) is 4.90 Å². The molecule has 2 rings (SSSR count). The van der Waals surface area contributed by atoms with Crippen LogP contribution in [0.3, 0.4) is 0 Å². The number of carboxylic acid groups (broad SMARTS) is 1. The molecule has 0 amide bonds. The SMILES string of the molecule is CC(C)C1CCN(c2nc(C(=O)O)ccc2[N+](=O)[O-])CC1. The van der Waals surface area contributed by atoms with Crippen molar-refractivity contribution in [3.63, 3.8) is 0 Å². The lowest BCUT2D eigenvalue weighted by atomic mass is 9.87. The molecule has 1 aliphatic heterocycles. The van der Waals surface area contributed by atoms with Crippen LogP contribution in [0.5, 0.6) is 0 Å². The number of hydrogen-bond acceptors (Lipinski definition) is 5. The first kappa shape index (κ1) is 15.2. The second-order valence-corrected chi connectivity index (χ2v) is 5.67. The number of aromatic carboxylic acids is 1. The summed E-state index contributed by atoms with van der Waals surface area (Å²) >= 11 is 0. The van der Waals surface area contributed by atoms with E-state index in [-0.39, 0.29) is 17.2 Å². The van der Waals surface area contributed by atoms with E-state index in [9.17, 15) is 14.9 Å². The highest BCUT2D eigenvalue weighted by molar-refractivity contribution is 5.86. The van der Waals surface area contributed by atoms with Gasteiger partial charge in [0.05, 0.1) is 4.92 Å². The Morgan fingerprint density at radius 2 is 2.05 bits per heavy atom. The third-order valence-electron chi connectivity index (χ3n) is 4.05. The first-order valence-electron chi connectivity index (χ1n) is 7.03. The number of hydrogen-bond donors (Lipinski definition) is 1. The second-order valence-electron chi connectivity index (χ2n) is 5.67. The maximum atomic E-state index is 11.1. The first-order valence-corrected chi connectivity index (χ1v) is 7.03. The Morgan fingerprint density at radius 1 is 1.43 bits per heavy atom. The van der Waals surface area contributed by atoms with Crippen LogP contribution in [0.4, 0.5) is 11.5 Å². The highest BCUT2D eigenvalue weighted by atomic mass is 16.6. The molecule has 1 saturated heterocycles. The molecule has 1 aliphatic rings. The summed E-state index contributed by atoms with van der Waals surface area (Å²) in [7, 11) is 0. The molecule has 7 heteroatoms. The van der Waals surface area contributed by atoms with Crippen LogP contribution in [0, 0.1) is 22.0 Å². The summed E-state index contributed by atoms with van der Waals surface area (Å²) in [5.41, 5.74) is -0.301. The van der Waals surface area contributed by atoms with Crippen LogP contribution in [0.15, 0.2) is 12.1 Å². The Kier molecular flexibility index (Phi) is 4.40. The predicted molar refractivity (Wildman–Crippen MR) is 77.6 cm³/mol. The van der Waals surface area contributed by atoms with Crippen molar-refractivity contribution in [3.05, 3.63) is 27.9 Å². The predicted octanol–water partition coefficient (Wildman–Crippen LogP) is 2.56. The molecule has 1 aromatic heterocycles. The maximum absolute atomic E-state index is 11.1. The minimum Gasteiger partial charge on any atom is -0.477 e. The molecule has 0 saturated carbocycles. The maximum Gasteiger partial charge on any atom is 0.354 e. The summed E-state index contributed by atoms with van der Waals surface area (Å²) in [5, 5.41) is 20.1. The Hall–Kier alpha value is -2.18. The smallest absolute Gasteiger partial charge is 0.354 e. The first-order chi connectivity index (χ1) is 9.90. The van der Waals surface area contributed by atoms with Crippen LogP contribution in [0.1, 0.15) is 37.2 Å². The van der Waals surface area contributed by atoms with E-state index in [0.29, 0.717) is 24.9 Å². The van der Waals surface area contributed by atoms with Gasteiger partial charge >= 0.3 is 11.7 Å². The van der Waals surface area contributed by atoms with Gasteiger partial charge < -0.3 is 10.0 Å². The summed E-state index contributed by atoms with van der Waals surface area (Å²) in [6.45, 7) is 5.68. The van der Waals surface area contributed by atoms with E-state index in [1.54, 1.807) is 0 Å². The minimum atomic E-state index is -1.18. The third kappa shape index (κ3) is 3.29. The average molecular weight is 293 g/mol. The zero-order valence-electron chi connectivity index (χ0n) is 12.2. The van der Waals surface area contributed by atoms with E-state index in [1.165, 1.54) is 12.1 Å². The number of pyridine rings is 1. The lowest BCUT2D eigenvalue weighted by Crippen LogP contribution is -2.36. The van der Waals surface area contributed by atoms with Gasteiger partial charge in [-0.25, -0.2) is 9.78 Å². The normalized spacial score (nSPS) is 16.2. The molecule has 0 spiro atoms. The molecule has 0 aliphatic carbocycles. The fourth-order valence-corrected chi connectivity index (χ4v) is 2.71. The van der Waals surface area contributed by atoms with Gasteiger partial charge in [-0.05, 0) is 30.7 Å². The molecule has 0 bridgehead atoms. The van der Waals surface area contributed by atoms with Gasteiger partial charge in [0.15, 0.2) is 5.69 Å². The molecule has 1 fully saturated rings. The number of carbonyl (C=O) groups is 1. The number of piperidine rings is 1. The summed E-state index contributed by atoms with van der Waals surface area (Å²) in [5.74, 6) is 0.175. The molecule has 7 nitrogen and oxygen atoms in total. The van der Waals surface area contributed by atoms with Crippen LogP contribution in [0.25, 0.3) is 0 Å². The molecule has 21 heavy (non-hydrogen) atoms. The molecule has 114 valence electrons. The van der Waals surface area contributed by atoms with Crippen LogP contribution < -0.4 is 4.90 Å². The standard InChI is InChI=1S/C14H19N3O4/c1-9(2)10-5-7-16(8-6-10)13-12(17(20)21)4-3-11(15-13)14(18)19/h3-4,9-10H,5-8H2,1-2H3,(H,18,19). The summed E-state index contributed by atoms with van der Waals surface area (Å²) in [6.07, 6.45) is 1.88. The molecule has 0 atom stereocenters. The van der Waals surface area contributed by atoms with Crippen molar-refractivity contribution in [2.75, 3.05) is 18.0 Å². The zero-order valence-corrected chi connectivity index (χ0v) is 12.2. The topological polar surface area (TPSA) is 96.6 Å². The van der Waals surface area contributed by atoms with Gasteiger partial charge in [-0.15, -0.1) is 0 Å². The number of nitro groups is 1. The quantitative estimate of drug-likeness (QED) is 0.677. The van der Waals surface area contributed by atoms with Crippen molar-refractivity contribution in [3.8, 4) is 0 Å². The molecular formula is C14H19N3O4. The van der Waals surface area contributed by atoms with Crippen molar-refractivity contribution in [1.29, 1.82) is 0 Å². The minimum absolute atomic E-state index is 0.136. The number of aromatic nitrogens is 1. The van der Waals surface area contributed by atoms with E-state index in [4.69, 9.17) is 5.11 Å². The Morgan fingerprint density at radius 3 is 2.52 bits per heavy atom. The summed E-state index contributed by atoms with van der Waals surface area (Å²) < 4.78 is 0. The average Bonchev–Trinajstić information content (AvgIpc) is 2.46. The largest absolute Gasteiger partial charge is 0.477 e. The Balaban J connectivity index is 2.27. The van der Waals surface area contributed by atoms with Gasteiger partial charge in [-0.2, -0.15) is 0 Å². The fourth-order valence-electron chi connectivity index (χ4n) is 2.71. The Bertz CT molecular complexity index is 551. The summed E-state index contributed by atoms with van der Waals surface area (Å²) in [4.78, 5) is 27.4. The number of anilines is 1. The zero-order chi connectivity index (χ0) is 15.6. The van der Waals surface area contributed by atoms with Gasteiger partial charge in [0.25, 0.3) is 0 Å². The molecule has 1 aromatic rings. The van der Waals surface area contributed by atoms with Gasteiger partial charge in [0.1, 0.15) is 0 Å². The van der Waals surface area contributed by atoms with Crippen LogP contribution in [-0.4, -0.2) is 34.1 Å². The van der Waals surface area contributed by atoms with Crippen molar-refractivity contribution < 1.29 is 14.8 Å². The fraction of sp³-hybridized carbons (Fsp3) is 0.571. The van der Waals surface area contributed by atoms with Crippen molar-refractivity contribution >= 4 is 17.5 Å². The van der Waals surface area contributed by atoms with E-state index in [0.717, 1.165) is 12.8 Å². The highest BCUT2D eigenvalue weighted by Crippen LogP contribution is 2.32. The highest BCUT2D eigenvalue weighted by Gasteiger charge is 2.28. The van der Waals surface area contributed by atoms with E-state index >= 15 is 0 Å². The number of rotatable bonds is 4. The van der Waals surface area contributed by atoms with Gasteiger partial charge in [0, 0.05) is 19.2 Å². The molecule has 2 heterocycles. The van der Waals surface area contributed by atoms with Crippen molar-refractivity contribution in [2.45, 2.75) is 26.7 Å². The number of carboxylic acids is 1. The molecule has 0 unspecified atom stereocenters. The second kappa shape index (κ2) is 6.07. The van der Waals surface area contributed by atoms with Crippen LogP contribution in [-0.2, 0) is 0 Å². The third-order valence-corrected chi connectivity index (χ3v) is 4.05. The van der Waals surface area contributed by atoms with Gasteiger partial charge in [0.2, 0.25) is 5.82 Å². The van der Waals surface area contributed by atoms with Crippen LogP contribution >= 0.6 is 0 Å². The van der Waals surface area contributed by atoms with E-state index in [2.05, 4.69) is 18.8 Å². The molecule has 0 aromatic carbocycles. The van der Waals surface area contributed by atoms with E-state index < -0.39 is 10.9 Å². The molecule has 1 N–H and O–H groups in total. The van der Waals surface area contributed by atoms with Gasteiger partial charge in [-0.3, -0.25) is 10.1 Å². The van der Waals surface area contributed by atoms with Crippen molar-refractivity contribution in [2.24, 2.45) is 11.8 Å². The molecule has 0 radical (unpaired) electrons. The lowest BCUT2D eigenvalue weighted by Gasteiger charge is -2.34. The molecular weight excluding hydrogens is 274 g/mol. The van der Waals surface area contributed by atoms with Crippen LogP contribution in [0.2, 0.25) is 0 Å². The Labute approximate surface area is 122 Å².